The van der Waals surface area contributed by atoms with Gasteiger partial charge in [0.05, 0.1) is 0 Å². The van der Waals surface area contributed by atoms with Gasteiger partial charge in [-0.05, 0) is 18.2 Å². The number of anilines is 1. The summed E-state index contributed by atoms with van der Waals surface area (Å²) >= 11 is 0. The van der Waals surface area contributed by atoms with E-state index in [9.17, 15) is 9.18 Å². The average Bonchev–Trinajstić information content (AvgIpc) is 2.91. The number of nitrogens with one attached hydrogen (secondary N) is 1. The standard InChI is InChI=1S/C12H14FN5O/c1-8(5-14)12(19)17-9-2-3-11(10(13)4-9)18-7-15-6-16-18/h2-4,6-8H,5,14H2,1H3,(H,17,19). The Morgan fingerprint density at radius 3 is 2.95 bits per heavy atom. The number of nitrogens with zero attached hydrogens (tertiary/aromatic N) is 3. The van der Waals surface area contributed by atoms with Gasteiger partial charge in [-0.1, -0.05) is 6.92 Å². The van der Waals surface area contributed by atoms with Gasteiger partial charge < -0.3 is 11.1 Å². The Morgan fingerprint density at radius 1 is 1.58 bits per heavy atom. The smallest absolute Gasteiger partial charge is 0.228 e. The molecule has 1 aromatic carbocycles. The maximum Gasteiger partial charge on any atom is 0.228 e. The van der Waals surface area contributed by atoms with E-state index < -0.39 is 5.82 Å². The highest BCUT2D eigenvalue weighted by Gasteiger charge is 2.12. The lowest BCUT2D eigenvalue weighted by molar-refractivity contribution is -0.119. The highest BCUT2D eigenvalue weighted by Crippen LogP contribution is 2.17. The van der Waals surface area contributed by atoms with Crippen LogP contribution in [0.1, 0.15) is 6.92 Å². The molecule has 0 fully saturated rings. The summed E-state index contributed by atoms with van der Waals surface area (Å²) in [6.45, 7) is 1.95. The maximum absolute atomic E-state index is 13.9. The summed E-state index contributed by atoms with van der Waals surface area (Å²) in [5, 5.41) is 6.44. The van der Waals surface area contributed by atoms with Crippen LogP contribution in [0.15, 0.2) is 30.9 Å². The third-order valence-corrected chi connectivity index (χ3v) is 2.68. The highest BCUT2D eigenvalue weighted by atomic mass is 19.1. The molecule has 100 valence electrons. The summed E-state index contributed by atoms with van der Waals surface area (Å²) in [5.41, 5.74) is 6.04. The Kier molecular flexibility index (Phi) is 3.86. The number of amides is 1. The molecule has 0 spiro atoms. The molecule has 0 bridgehead atoms. The molecule has 2 aromatic rings. The van der Waals surface area contributed by atoms with Crippen LogP contribution in [0.5, 0.6) is 0 Å². The molecule has 0 radical (unpaired) electrons. The van der Waals surface area contributed by atoms with E-state index >= 15 is 0 Å². The number of carbonyl (C=O) groups excluding carboxylic acids is 1. The van der Waals surface area contributed by atoms with E-state index in [0.29, 0.717) is 5.69 Å². The van der Waals surface area contributed by atoms with Crippen molar-refractivity contribution in [2.75, 3.05) is 11.9 Å². The fourth-order valence-electron chi connectivity index (χ4n) is 1.48. The van der Waals surface area contributed by atoms with Crippen molar-refractivity contribution < 1.29 is 9.18 Å². The first-order valence-electron chi connectivity index (χ1n) is 5.77. The highest BCUT2D eigenvalue weighted by molar-refractivity contribution is 5.92. The Balaban J connectivity index is 2.18. The molecule has 0 saturated heterocycles. The molecule has 2 rings (SSSR count). The van der Waals surface area contributed by atoms with Crippen LogP contribution in [0.25, 0.3) is 5.69 Å². The van der Waals surface area contributed by atoms with Gasteiger partial charge in [0, 0.05) is 18.2 Å². The SMILES string of the molecule is CC(CN)C(=O)Nc1ccc(-n2cncn2)c(F)c1. The fourth-order valence-corrected chi connectivity index (χ4v) is 1.48. The molecule has 1 atom stereocenters. The molecule has 6 nitrogen and oxygen atoms in total. The molecule has 1 amide bonds. The van der Waals surface area contributed by atoms with Crippen LogP contribution in [-0.4, -0.2) is 27.2 Å². The van der Waals surface area contributed by atoms with Crippen molar-refractivity contribution in [1.82, 2.24) is 14.8 Å². The third kappa shape index (κ3) is 2.94. The number of carbonyl (C=O) groups is 1. The third-order valence-electron chi connectivity index (χ3n) is 2.68. The average molecular weight is 263 g/mol. The molecule has 19 heavy (non-hydrogen) atoms. The monoisotopic (exact) mass is 263 g/mol. The molecule has 0 aliphatic rings. The Morgan fingerprint density at radius 2 is 2.37 bits per heavy atom. The van der Waals surface area contributed by atoms with Gasteiger partial charge in [-0.3, -0.25) is 4.79 Å². The van der Waals surface area contributed by atoms with Gasteiger partial charge in [0.15, 0.2) is 5.82 Å². The first kappa shape index (κ1) is 13.2. The second-order valence-electron chi connectivity index (χ2n) is 4.13. The molecular weight excluding hydrogens is 249 g/mol. The van der Waals surface area contributed by atoms with Gasteiger partial charge in [0.1, 0.15) is 18.3 Å². The largest absolute Gasteiger partial charge is 0.330 e. The topological polar surface area (TPSA) is 85.8 Å². The number of hydrogen-bond donors (Lipinski definition) is 2. The summed E-state index contributed by atoms with van der Waals surface area (Å²) in [7, 11) is 0. The number of halogens is 1. The number of benzene rings is 1. The van der Waals surface area contributed by atoms with Gasteiger partial charge in [-0.25, -0.2) is 14.1 Å². The van der Waals surface area contributed by atoms with Crippen LogP contribution < -0.4 is 11.1 Å². The number of hydrogen-bond acceptors (Lipinski definition) is 4. The van der Waals surface area contributed by atoms with E-state index in [0.717, 1.165) is 0 Å². The van der Waals surface area contributed by atoms with E-state index in [4.69, 9.17) is 5.73 Å². The molecule has 3 N–H and O–H groups in total. The molecule has 7 heteroatoms. The van der Waals surface area contributed by atoms with Gasteiger partial charge in [-0.15, -0.1) is 0 Å². The minimum absolute atomic E-state index is 0.240. The fraction of sp³-hybridized carbons (Fsp3) is 0.250. The second kappa shape index (κ2) is 5.57. The normalized spacial score (nSPS) is 12.2. The molecule has 1 heterocycles. The van der Waals surface area contributed by atoms with Crippen molar-refractivity contribution >= 4 is 11.6 Å². The minimum atomic E-state index is -0.497. The van der Waals surface area contributed by atoms with Gasteiger partial charge in [-0.2, -0.15) is 5.10 Å². The van der Waals surface area contributed by atoms with Gasteiger partial charge in [0.25, 0.3) is 0 Å². The molecule has 0 aliphatic carbocycles. The lowest BCUT2D eigenvalue weighted by atomic mass is 10.1. The molecule has 1 unspecified atom stereocenters. The molecule has 1 aromatic heterocycles. The van der Waals surface area contributed by atoms with Crippen molar-refractivity contribution in [3.05, 3.63) is 36.7 Å². The first-order valence-corrected chi connectivity index (χ1v) is 5.77. The van der Waals surface area contributed by atoms with Gasteiger partial charge in [0.2, 0.25) is 5.91 Å². The zero-order valence-electron chi connectivity index (χ0n) is 10.4. The molecular formula is C12H14FN5O. The Bertz CT molecular complexity index is 570. The van der Waals surface area contributed by atoms with E-state index in [-0.39, 0.29) is 24.1 Å². The van der Waals surface area contributed by atoms with E-state index in [1.165, 1.54) is 29.5 Å². The minimum Gasteiger partial charge on any atom is -0.330 e. The summed E-state index contributed by atoms with van der Waals surface area (Å²) in [5.74, 6) is -1.06. The number of aromatic nitrogens is 3. The van der Waals surface area contributed by atoms with Crippen molar-refractivity contribution in [3.63, 3.8) is 0 Å². The van der Waals surface area contributed by atoms with E-state index in [2.05, 4.69) is 15.4 Å². The van der Waals surface area contributed by atoms with Crippen LogP contribution in [-0.2, 0) is 4.79 Å². The van der Waals surface area contributed by atoms with Crippen LogP contribution >= 0.6 is 0 Å². The zero-order chi connectivity index (χ0) is 13.8. The number of rotatable bonds is 4. The van der Waals surface area contributed by atoms with E-state index in [1.807, 2.05) is 0 Å². The summed E-state index contributed by atoms with van der Waals surface area (Å²) in [6, 6.07) is 4.35. The lowest BCUT2D eigenvalue weighted by Gasteiger charge is -2.11. The summed E-state index contributed by atoms with van der Waals surface area (Å²) in [4.78, 5) is 15.4. The molecule has 0 saturated carbocycles. The summed E-state index contributed by atoms with van der Waals surface area (Å²) in [6.07, 6.45) is 2.71. The predicted molar refractivity (Wildman–Crippen MR) is 68.2 cm³/mol. The molecule has 0 aliphatic heterocycles. The predicted octanol–water partition coefficient (Wildman–Crippen LogP) is 0.940. The van der Waals surface area contributed by atoms with Crippen LogP contribution in [0.3, 0.4) is 0 Å². The summed E-state index contributed by atoms with van der Waals surface area (Å²) < 4.78 is 15.2. The first-order chi connectivity index (χ1) is 9.11. The van der Waals surface area contributed by atoms with Crippen molar-refractivity contribution in [2.24, 2.45) is 11.7 Å². The van der Waals surface area contributed by atoms with Crippen molar-refractivity contribution in [1.29, 1.82) is 0 Å². The maximum atomic E-state index is 13.9. The van der Waals surface area contributed by atoms with Crippen LogP contribution in [0.2, 0.25) is 0 Å². The van der Waals surface area contributed by atoms with Crippen LogP contribution in [0.4, 0.5) is 10.1 Å². The quantitative estimate of drug-likeness (QED) is 0.859. The second-order valence-corrected chi connectivity index (χ2v) is 4.13. The Labute approximate surface area is 109 Å². The van der Waals surface area contributed by atoms with E-state index in [1.54, 1.807) is 13.0 Å². The Hall–Kier alpha value is -2.28. The van der Waals surface area contributed by atoms with Crippen molar-refractivity contribution in [3.8, 4) is 5.69 Å². The van der Waals surface area contributed by atoms with Crippen molar-refractivity contribution in [2.45, 2.75) is 6.92 Å². The van der Waals surface area contributed by atoms with Gasteiger partial charge >= 0.3 is 0 Å². The lowest BCUT2D eigenvalue weighted by Crippen LogP contribution is -2.26. The number of nitrogens with two attached hydrogens (primary N) is 1. The zero-order valence-corrected chi connectivity index (χ0v) is 10.4. The van der Waals surface area contributed by atoms with Crippen LogP contribution in [0, 0.1) is 11.7 Å².